The molecule has 0 radical (unpaired) electrons. The predicted octanol–water partition coefficient (Wildman–Crippen LogP) is 0.655. The third-order valence-electron chi connectivity index (χ3n) is 2.49. The van der Waals surface area contributed by atoms with Crippen LogP contribution < -0.4 is 5.32 Å². The summed E-state index contributed by atoms with van der Waals surface area (Å²) in [5.41, 5.74) is 0. The first-order valence-corrected chi connectivity index (χ1v) is 4.91. The molecule has 5 nitrogen and oxygen atoms in total. The molecule has 0 spiro atoms. The summed E-state index contributed by atoms with van der Waals surface area (Å²) in [7, 11) is 0. The van der Waals surface area contributed by atoms with Crippen LogP contribution in [0.2, 0.25) is 0 Å². The fourth-order valence-corrected chi connectivity index (χ4v) is 1.51. The van der Waals surface area contributed by atoms with Crippen LogP contribution in [0.3, 0.4) is 0 Å². The maximum absolute atomic E-state index is 11.4. The molecule has 80 valence electrons. The molecule has 0 aliphatic carbocycles. The monoisotopic (exact) mass is 200 g/mol. The number of carbonyl (C=O) groups excluding carboxylic acids is 1. The van der Waals surface area contributed by atoms with Crippen molar-refractivity contribution in [2.45, 2.75) is 32.2 Å². The van der Waals surface area contributed by atoms with E-state index in [1.165, 1.54) is 0 Å². The summed E-state index contributed by atoms with van der Waals surface area (Å²) in [5, 5.41) is 11.0. The number of carbonyl (C=O) groups is 2. The lowest BCUT2D eigenvalue weighted by molar-refractivity contribution is -0.136. The number of rotatable bonds is 4. The lowest BCUT2D eigenvalue weighted by atomic mass is 10.0. The average molecular weight is 200 g/mol. The SMILES string of the molecule is CCC1CCN1C(=O)NCCC(=O)O. The third kappa shape index (κ3) is 2.61. The van der Waals surface area contributed by atoms with E-state index >= 15 is 0 Å². The van der Waals surface area contributed by atoms with E-state index in [4.69, 9.17) is 5.11 Å². The molecule has 1 rings (SSSR count). The van der Waals surface area contributed by atoms with Crippen molar-refractivity contribution in [3.63, 3.8) is 0 Å². The third-order valence-corrected chi connectivity index (χ3v) is 2.49. The molecule has 0 saturated carbocycles. The number of urea groups is 1. The fourth-order valence-electron chi connectivity index (χ4n) is 1.51. The number of nitrogens with zero attached hydrogens (tertiary/aromatic N) is 1. The zero-order valence-electron chi connectivity index (χ0n) is 8.32. The van der Waals surface area contributed by atoms with Crippen molar-refractivity contribution < 1.29 is 14.7 Å². The number of carboxylic acid groups (broad SMARTS) is 1. The van der Waals surface area contributed by atoms with Crippen molar-refractivity contribution in [2.75, 3.05) is 13.1 Å². The Balaban J connectivity index is 2.18. The molecule has 0 aromatic rings. The van der Waals surface area contributed by atoms with E-state index in [2.05, 4.69) is 5.32 Å². The molecule has 1 unspecified atom stereocenters. The minimum Gasteiger partial charge on any atom is -0.481 e. The Labute approximate surface area is 83.1 Å². The first-order chi connectivity index (χ1) is 6.65. The molecule has 0 aromatic heterocycles. The lowest BCUT2D eigenvalue weighted by Gasteiger charge is -2.40. The molecule has 5 heteroatoms. The number of carboxylic acids is 1. The van der Waals surface area contributed by atoms with Crippen LogP contribution in [0.1, 0.15) is 26.2 Å². The number of amides is 2. The predicted molar refractivity (Wildman–Crippen MR) is 51.1 cm³/mol. The van der Waals surface area contributed by atoms with Gasteiger partial charge in [-0.15, -0.1) is 0 Å². The van der Waals surface area contributed by atoms with Crippen LogP contribution >= 0.6 is 0 Å². The van der Waals surface area contributed by atoms with Crippen molar-refractivity contribution in [1.29, 1.82) is 0 Å². The van der Waals surface area contributed by atoms with Crippen LogP contribution in [0.25, 0.3) is 0 Å². The minimum absolute atomic E-state index is 0.0175. The maximum Gasteiger partial charge on any atom is 0.317 e. The van der Waals surface area contributed by atoms with E-state index in [0.29, 0.717) is 6.04 Å². The highest BCUT2D eigenvalue weighted by molar-refractivity contribution is 5.76. The minimum atomic E-state index is -0.888. The van der Waals surface area contributed by atoms with E-state index in [9.17, 15) is 9.59 Å². The largest absolute Gasteiger partial charge is 0.481 e. The standard InChI is InChI=1S/C9H16N2O3/c1-2-7-4-6-11(7)9(14)10-5-3-8(12)13/h7H,2-6H2,1H3,(H,10,14)(H,12,13). The molecule has 1 atom stereocenters. The van der Waals surface area contributed by atoms with Crippen molar-refractivity contribution in [2.24, 2.45) is 0 Å². The van der Waals surface area contributed by atoms with Crippen molar-refractivity contribution in [3.05, 3.63) is 0 Å². The highest BCUT2D eigenvalue weighted by Crippen LogP contribution is 2.19. The number of hydrogen-bond donors (Lipinski definition) is 2. The highest BCUT2D eigenvalue weighted by Gasteiger charge is 2.30. The highest BCUT2D eigenvalue weighted by atomic mass is 16.4. The second kappa shape index (κ2) is 4.83. The molecule has 0 bridgehead atoms. The number of aliphatic carboxylic acids is 1. The van der Waals surface area contributed by atoms with Crippen LogP contribution in [-0.2, 0) is 4.79 Å². The van der Waals surface area contributed by atoms with Crippen molar-refractivity contribution in [1.82, 2.24) is 10.2 Å². The van der Waals surface area contributed by atoms with Gasteiger partial charge in [0.15, 0.2) is 0 Å². The van der Waals surface area contributed by atoms with Crippen LogP contribution in [-0.4, -0.2) is 41.1 Å². The van der Waals surface area contributed by atoms with Gasteiger partial charge in [-0.3, -0.25) is 4.79 Å². The molecule has 0 aromatic carbocycles. The molecule has 2 amide bonds. The molecule has 1 heterocycles. The Kier molecular flexibility index (Phi) is 3.73. The van der Waals surface area contributed by atoms with Crippen molar-refractivity contribution in [3.8, 4) is 0 Å². The van der Waals surface area contributed by atoms with Gasteiger partial charge in [0.1, 0.15) is 0 Å². The molecular formula is C9H16N2O3. The quantitative estimate of drug-likeness (QED) is 0.700. The van der Waals surface area contributed by atoms with E-state index < -0.39 is 5.97 Å². The summed E-state index contributed by atoms with van der Waals surface area (Å²) < 4.78 is 0. The number of nitrogens with one attached hydrogen (secondary N) is 1. The smallest absolute Gasteiger partial charge is 0.317 e. The van der Waals surface area contributed by atoms with E-state index in [0.717, 1.165) is 19.4 Å². The van der Waals surface area contributed by atoms with E-state index in [-0.39, 0.29) is 19.0 Å². The summed E-state index contributed by atoms with van der Waals surface area (Å²) in [6.07, 6.45) is 2.01. The number of likely N-dealkylation sites (tertiary alicyclic amines) is 1. The Morgan fingerprint density at radius 2 is 2.29 bits per heavy atom. The van der Waals surface area contributed by atoms with Gasteiger partial charge in [0.25, 0.3) is 0 Å². The van der Waals surface area contributed by atoms with E-state index in [1.54, 1.807) is 4.90 Å². The van der Waals surface area contributed by atoms with Gasteiger partial charge in [-0.05, 0) is 12.8 Å². The first kappa shape index (κ1) is 10.8. The van der Waals surface area contributed by atoms with Gasteiger partial charge in [0.2, 0.25) is 0 Å². The molecule has 1 fully saturated rings. The summed E-state index contributed by atoms with van der Waals surface area (Å²) >= 11 is 0. The second-order valence-corrected chi connectivity index (χ2v) is 3.42. The zero-order valence-corrected chi connectivity index (χ0v) is 8.32. The average Bonchev–Trinajstić information content (AvgIpc) is 2.02. The van der Waals surface area contributed by atoms with Crippen LogP contribution in [0.5, 0.6) is 0 Å². The van der Waals surface area contributed by atoms with Gasteiger partial charge in [-0.25, -0.2) is 4.79 Å². The molecule has 14 heavy (non-hydrogen) atoms. The normalized spacial score (nSPS) is 20.1. The molecule has 2 N–H and O–H groups in total. The summed E-state index contributed by atoms with van der Waals surface area (Å²) in [6, 6.07) is 0.212. The fraction of sp³-hybridized carbons (Fsp3) is 0.778. The maximum atomic E-state index is 11.4. The summed E-state index contributed by atoms with van der Waals surface area (Å²) in [4.78, 5) is 23.3. The van der Waals surface area contributed by atoms with Gasteiger partial charge in [-0.1, -0.05) is 6.92 Å². The van der Waals surface area contributed by atoms with Gasteiger partial charge in [0.05, 0.1) is 6.42 Å². The van der Waals surface area contributed by atoms with Gasteiger partial charge in [-0.2, -0.15) is 0 Å². The molecule has 1 aliphatic rings. The van der Waals surface area contributed by atoms with Crippen LogP contribution in [0.15, 0.2) is 0 Å². The summed E-state index contributed by atoms with van der Waals surface area (Å²) in [6.45, 7) is 3.04. The van der Waals surface area contributed by atoms with Gasteiger partial charge < -0.3 is 15.3 Å². The Bertz CT molecular complexity index is 228. The van der Waals surface area contributed by atoms with Crippen LogP contribution in [0.4, 0.5) is 4.79 Å². The topological polar surface area (TPSA) is 69.6 Å². The van der Waals surface area contributed by atoms with Crippen molar-refractivity contribution >= 4 is 12.0 Å². The Hall–Kier alpha value is -1.26. The zero-order chi connectivity index (χ0) is 10.6. The molecule has 1 aliphatic heterocycles. The lowest BCUT2D eigenvalue weighted by Crippen LogP contribution is -2.54. The Morgan fingerprint density at radius 1 is 1.57 bits per heavy atom. The number of hydrogen-bond acceptors (Lipinski definition) is 2. The molecular weight excluding hydrogens is 184 g/mol. The first-order valence-electron chi connectivity index (χ1n) is 4.91. The summed E-state index contributed by atoms with van der Waals surface area (Å²) in [5.74, 6) is -0.888. The van der Waals surface area contributed by atoms with Gasteiger partial charge in [0, 0.05) is 19.1 Å². The second-order valence-electron chi connectivity index (χ2n) is 3.42. The van der Waals surface area contributed by atoms with Crippen LogP contribution in [0, 0.1) is 0 Å². The Morgan fingerprint density at radius 3 is 2.71 bits per heavy atom. The van der Waals surface area contributed by atoms with Gasteiger partial charge >= 0.3 is 12.0 Å². The molecule has 1 saturated heterocycles. The van der Waals surface area contributed by atoms with E-state index in [1.807, 2.05) is 6.92 Å².